The molecule has 1 heterocycles. The number of hydrogen-bond donors (Lipinski definition) is 4. The van der Waals surface area contributed by atoms with Crippen LogP contribution in [0.3, 0.4) is 0 Å². The van der Waals surface area contributed by atoms with Gasteiger partial charge in [0, 0.05) is 12.1 Å². The Morgan fingerprint density at radius 2 is 1.95 bits per heavy atom. The molecule has 0 radical (unpaired) electrons. The molecule has 2 unspecified atom stereocenters. The first-order chi connectivity index (χ1) is 9.59. The molecule has 0 aromatic rings. The molecule has 1 rings (SSSR count). The Balaban J connectivity index is 3.03. The summed E-state index contributed by atoms with van der Waals surface area (Å²) in [6, 6.07) is -2.12. The van der Waals surface area contributed by atoms with Crippen molar-refractivity contribution in [3.63, 3.8) is 0 Å². The lowest BCUT2D eigenvalue weighted by Gasteiger charge is -2.34. The van der Waals surface area contributed by atoms with Gasteiger partial charge in [0.25, 0.3) is 0 Å². The summed E-state index contributed by atoms with van der Waals surface area (Å²) in [6.07, 6.45) is -0.140. The summed E-state index contributed by atoms with van der Waals surface area (Å²) < 4.78 is 0. The Morgan fingerprint density at radius 1 is 1.38 bits per heavy atom. The lowest BCUT2D eigenvalue weighted by Crippen LogP contribution is -2.63. The van der Waals surface area contributed by atoms with E-state index in [1.165, 1.54) is 18.7 Å². The van der Waals surface area contributed by atoms with E-state index in [1.54, 1.807) is 0 Å². The molecule has 0 aromatic heterocycles. The number of hydrogen-bond acceptors (Lipinski definition) is 4. The molecule has 3 atom stereocenters. The maximum Gasteiger partial charge on any atom is 0.405 e. The van der Waals surface area contributed by atoms with Gasteiger partial charge in [-0.15, -0.1) is 0 Å². The van der Waals surface area contributed by atoms with Gasteiger partial charge in [-0.1, -0.05) is 13.3 Å². The molecule has 1 aliphatic rings. The van der Waals surface area contributed by atoms with Crippen molar-refractivity contribution in [3.8, 4) is 0 Å². The average molecular weight is 301 g/mol. The fourth-order valence-corrected chi connectivity index (χ4v) is 2.72. The second kappa shape index (κ2) is 6.30. The zero-order valence-electron chi connectivity index (χ0n) is 12.5. The van der Waals surface area contributed by atoms with Crippen LogP contribution in [0.25, 0.3) is 0 Å². The zero-order chi connectivity index (χ0) is 16.4. The van der Waals surface area contributed by atoms with Gasteiger partial charge in [-0.05, 0) is 26.2 Å². The second-order valence-electron chi connectivity index (χ2n) is 5.98. The van der Waals surface area contributed by atoms with E-state index in [-0.39, 0.29) is 5.92 Å². The van der Waals surface area contributed by atoms with Crippen molar-refractivity contribution in [1.82, 2.24) is 10.2 Å². The molecule has 0 spiro atoms. The van der Waals surface area contributed by atoms with Gasteiger partial charge in [-0.25, -0.2) is 9.59 Å². The highest BCUT2D eigenvalue weighted by atomic mass is 16.4. The summed E-state index contributed by atoms with van der Waals surface area (Å²) in [5, 5.41) is 20.3. The van der Waals surface area contributed by atoms with Crippen LogP contribution in [0.4, 0.5) is 4.79 Å². The number of carboxylic acid groups (broad SMARTS) is 2. The Labute approximate surface area is 123 Å². The standard InChI is InChI=1S/C13H23N3O5/c1-4-7-5-6-16(8(7)11(18)19)10(17)9(13(2,3)14)15-12(20)21/h7-9,15H,4-6,14H2,1-3H3,(H,18,19)(H,20,21)/t7?,8?,9-/m1/s1. The summed E-state index contributed by atoms with van der Waals surface area (Å²) in [4.78, 5) is 36.1. The minimum Gasteiger partial charge on any atom is -0.480 e. The monoisotopic (exact) mass is 301 g/mol. The number of carboxylic acids is 1. The van der Waals surface area contributed by atoms with Crippen LogP contribution >= 0.6 is 0 Å². The van der Waals surface area contributed by atoms with Gasteiger partial charge in [0.15, 0.2) is 0 Å². The summed E-state index contributed by atoms with van der Waals surface area (Å²) in [6.45, 7) is 5.21. The van der Waals surface area contributed by atoms with Gasteiger partial charge in [-0.2, -0.15) is 0 Å². The third-order valence-corrected chi connectivity index (χ3v) is 3.84. The van der Waals surface area contributed by atoms with Gasteiger partial charge in [0.05, 0.1) is 0 Å². The molecule has 1 fully saturated rings. The van der Waals surface area contributed by atoms with Crippen molar-refractivity contribution >= 4 is 18.0 Å². The van der Waals surface area contributed by atoms with E-state index in [9.17, 15) is 19.5 Å². The van der Waals surface area contributed by atoms with E-state index in [2.05, 4.69) is 5.32 Å². The molecule has 0 aromatic carbocycles. The van der Waals surface area contributed by atoms with Crippen LogP contribution in [0, 0.1) is 5.92 Å². The Morgan fingerprint density at radius 3 is 2.33 bits per heavy atom. The van der Waals surface area contributed by atoms with Gasteiger partial charge in [0.2, 0.25) is 5.91 Å². The molecule has 8 heteroatoms. The normalized spacial score (nSPS) is 23.7. The summed E-state index contributed by atoms with van der Waals surface area (Å²) in [5.41, 5.74) is 4.73. The van der Waals surface area contributed by atoms with Crippen LogP contribution in [-0.2, 0) is 9.59 Å². The molecule has 0 bridgehead atoms. The second-order valence-corrected chi connectivity index (χ2v) is 5.98. The minimum absolute atomic E-state index is 0.127. The van der Waals surface area contributed by atoms with Gasteiger partial charge < -0.3 is 26.2 Å². The minimum atomic E-state index is -1.37. The SMILES string of the molecule is CCC1CCN(C(=O)[C@@H](NC(=O)O)C(C)(C)N)C1C(=O)O. The highest BCUT2D eigenvalue weighted by molar-refractivity contribution is 5.90. The number of nitrogens with two attached hydrogens (primary N) is 1. The van der Waals surface area contributed by atoms with Crippen LogP contribution < -0.4 is 11.1 Å². The number of likely N-dealkylation sites (tertiary alicyclic amines) is 1. The van der Waals surface area contributed by atoms with E-state index < -0.39 is 35.6 Å². The van der Waals surface area contributed by atoms with Crippen molar-refractivity contribution < 1.29 is 24.6 Å². The molecular formula is C13H23N3O5. The maximum absolute atomic E-state index is 12.6. The van der Waals surface area contributed by atoms with E-state index in [4.69, 9.17) is 10.8 Å². The molecule has 5 N–H and O–H groups in total. The van der Waals surface area contributed by atoms with Crippen molar-refractivity contribution in [1.29, 1.82) is 0 Å². The van der Waals surface area contributed by atoms with Crippen LogP contribution in [-0.4, -0.2) is 57.3 Å². The Kier molecular flexibility index (Phi) is 5.16. The molecule has 0 saturated carbocycles. The van der Waals surface area contributed by atoms with E-state index >= 15 is 0 Å². The fraction of sp³-hybridized carbons (Fsp3) is 0.769. The highest BCUT2D eigenvalue weighted by Gasteiger charge is 2.45. The number of carbonyl (C=O) groups excluding carboxylic acids is 1. The molecule has 120 valence electrons. The molecule has 0 aliphatic carbocycles. The molecule has 1 saturated heterocycles. The quantitative estimate of drug-likeness (QED) is 0.568. The number of carbonyl (C=O) groups is 3. The third-order valence-electron chi connectivity index (χ3n) is 3.84. The topological polar surface area (TPSA) is 133 Å². The zero-order valence-corrected chi connectivity index (χ0v) is 12.5. The van der Waals surface area contributed by atoms with Gasteiger partial charge in [0.1, 0.15) is 12.1 Å². The van der Waals surface area contributed by atoms with Crippen LogP contribution in [0.5, 0.6) is 0 Å². The lowest BCUT2D eigenvalue weighted by atomic mass is 9.93. The van der Waals surface area contributed by atoms with E-state index in [0.29, 0.717) is 19.4 Å². The number of amides is 2. The van der Waals surface area contributed by atoms with Crippen LogP contribution in [0.2, 0.25) is 0 Å². The van der Waals surface area contributed by atoms with Crippen LogP contribution in [0.15, 0.2) is 0 Å². The Hall–Kier alpha value is -1.83. The molecule has 2 amide bonds. The molecule has 1 aliphatic heterocycles. The summed E-state index contributed by atoms with van der Waals surface area (Å²) in [5.74, 6) is -1.79. The van der Waals surface area contributed by atoms with Crippen molar-refractivity contribution in [2.24, 2.45) is 11.7 Å². The lowest BCUT2D eigenvalue weighted by molar-refractivity contribution is -0.151. The summed E-state index contributed by atoms with van der Waals surface area (Å²) in [7, 11) is 0. The van der Waals surface area contributed by atoms with Crippen LogP contribution in [0.1, 0.15) is 33.6 Å². The van der Waals surface area contributed by atoms with Gasteiger partial charge in [-0.3, -0.25) is 4.79 Å². The van der Waals surface area contributed by atoms with E-state index in [1.807, 2.05) is 6.92 Å². The fourth-order valence-electron chi connectivity index (χ4n) is 2.72. The van der Waals surface area contributed by atoms with Crippen molar-refractivity contribution in [2.75, 3.05) is 6.54 Å². The number of nitrogens with one attached hydrogen (secondary N) is 1. The highest BCUT2D eigenvalue weighted by Crippen LogP contribution is 2.28. The first-order valence-electron chi connectivity index (χ1n) is 6.91. The number of rotatable bonds is 5. The third kappa shape index (κ3) is 3.84. The smallest absolute Gasteiger partial charge is 0.405 e. The van der Waals surface area contributed by atoms with E-state index in [0.717, 1.165) is 0 Å². The summed E-state index contributed by atoms with van der Waals surface area (Å²) >= 11 is 0. The van der Waals surface area contributed by atoms with Gasteiger partial charge >= 0.3 is 12.1 Å². The predicted octanol–water partition coefficient (Wildman–Crippen LogP) is 0.0716. The predicted molar refractivity (Wildman–Crippen MR) is 74.7 cm³/mol. The number of aliphatic carboxylic acids is 1. The first-order valence-corrected chi connectivity index (χ1v) is 6.91. The molecular weight excluding hydrogens is 278 g/mol. The molecule has 8 nitrogen and oxygen atoms in total. The number of nitrogens with zero attached hydrogens (tertiary/aromatic N) is 1. The first kappa shape index (κ1) is 17.2. The maximum atomic E-state index is 12.6. The average Bonchev–Trinajstić information content (AvgIpc) is 2.77. The van der Waals surface area contributed by atoms with Crippen molar-refractivity contribution in [2.45, 2.75) is 51.2 Å². The molecule has 21 heavy (non-hydrogen) atoms. The largest absolute Gasteiger partial charge is 0.480 e. The van der Waals surface area contributed by atoms with Crippen molar-refractivity contribution in [3.05, 3.63) is 0 Å². The Bertz CT molecular complexity index is 432.